The normalized spacial score (nSPS) is 11.1. The van der Waals surface area contributed by atoms with Crippen LogP contribution in [0.25, 0.3) is 0 Å². The molecule has 3 heteroatoms. The first-order valence-electron chi connectivity index (χ1n) is 12.8. The molecule has 2 aromatic carbocycles. The number of ether oxygens (including phenoxy) is 2. The molecule has 0 bridgehead atoms. The van der Waals surface area contributed by atoms with Crippen LogP contribution in [0, 0.1) is 14.1 Å². The molecule has 2 aromatic rings. The van der Waals surface area contributed by atoms with E-state index in [-0.39, 0.29) is 21.2 Å². The molecule has 0 aliphatic carbocycles. The van der Waals surface area contributed by atoms with Crippen LogP contribution in [-0.4, -0.2) is 13.2 Å². The maximum absolute atomic E-state index is 5.97. The summed E-state index contributed by atoms with van der Waals surface area (Å²) in [5.41, 5.74) is 1.34. The minimum absolute atomic E-state index is 0.178. The molecule has 0 heterocycles. The van der Waals surface area contributed by atoms with E-state index >= 15 is 0 Å². The van der Waals surface area contributed by atoms with Crippen molar-refractivity contribution in [2.24, 2.45) is 0 Å². The molecule has 0 saturated carbocycles. The van der Waals surface area contributed by atoms with Crippen LogP contribution in [-0.2, 0) is 0 Å². The van der Waals surface area contributed by atoms with Gasteiger partial charge < -0.3 is 0 Å². The fourth-order valence-corrected chi connectivity index (χ4v) is 5.97. The van der Waals surface area contributed by atoms with E-state index in [1.54, 1.807) is 0 Å². The van der Waals surface area contributed by atoms with Crippen molar-refractivity contribution < 1.29 is 30.7 Å². The first-order chi connectivity index (χ1) is 15.7. The molecule has 0 amide bonds. The molecular weight excluding hydrogens is 507 g/mol. The average Bonchev–Trinajstić information content (AvgIpc) is 2.80. The molecule has 2 nitrogen and oxygen atoms in total. The zero-order valence-electron chi connectivity index (χ0n) is 20.6. The van der Waals surface area contributed by atoms with E-state index in [0.717, 1.165) is 37.6 Å². The van der Waals surface area contributed by atoms with E-state index in [1.807, 2.05) is 0 Å². The number of aryl methyl sites for hydroxylation is 1. The molecule has 0 fully saturated rings. The molecule has 0 spiro atoms. The summed E-state index contributed by atoms with van der Waals surface area (Å²) in [5.74, 6) is 2.00. The van der Waals surface area contributed by atoms with Gasteiger partial charge in [-0.1, -0.05) is 32.6 Å². The summed E-state index contributed by atoms with van der Waals surface area (Å²) >= 11 is -0.178. The van der Waals surface area contributed by atoms with Crippen LogP contribution in [0.1, 0.15) is 96.5 Å². The second-order valence-electron chi connectivity index (χ2n) is 8.69. The van der Waals surface area contributed by atoms with Crippen molar-refractivity contribution in [2.75, 3.05) is 13.2 Å². The second kappa shape index (κ2) is 17.3. The topological polar surface area (TPSA) is 18.5 Å². The quantitative estimate of drug-likeness (QED) is 0.177. The number of benzene rings is 2. The predicted octanol–water partition coefficient (Wildman–Crippen LogP) is 5.60. The molecule has 2 rings (SSSR count). The van der Waals surface area contributed by atoms with Gasteiger partial charge in [-0.25, -0.2) is 0 Å². The number of hydrogen-bond donors (Lipinski definition) is 0. The van der Waals surface area contributed by atoms with Crippen LogP contribution in [0.15, 0.2) is 42.5 Å². The Morgan fingerprint density at radius 2 is 1.12 bits per heavy atom. The van der Waals surface area contributed by atoms with Crippen molar-refractivity contribution in [1.82, 2.24) is 0 Å². The van der Waals surface area contributed by atoms with E-state index in [2.05, 4.69) is 63.2 Å². The van der Waals surface area contributed by atoms with E-state index in [4.69, 9.17) is 9.47 Å². The number of halogens is 1. The van der Waals surface area contributed by atoms with Crippen molar-refractivity contribution in [2.45, 2.75) is 97.8 Å². The van der Waals surface area contributed by atoms with E-state index in [0.29, 0.717) is 0 Å². The van der Waals surface area contributed by atoms with Gasteiger partial charge in [0, 0.05) is 0 Å². The Hall–Kier alpha value is -1.23. The molecule has 32 heavy (non-hydrogen) atoms. The second-order valence-corrected chi connectivity index (χ2v) is 11.6. The Morgan fingerprint density at radius 1 is 0.594 bits per heavy atom. The third-order valence-electron chi connectivity index (χ3n) is 5.69. The Kier molecular flexibility index (Phi) is 14.6. The Morgan fingerprint density at radius 3 is 1.75 bits per heavy atom. The van der Waals surface area contributed by atoms with Crippen molar-refractivity contribution in [3.63, 3.8) is 0 Å². The maximum atomic E-state index is 5.97. The van der Waals surface area contributed by atoms with E-state index in [9.17, 15) is 0 Å². The fourth-order valence-electron chi connectivity index (χ4n) is 3.64. The number of unbranched alkanes of at least 4 members (excludes halogenated alkanes) is 10. The number of hydrogen-bond acceptors (Lipinski definition) is 2. The first-order valence-corrected chi connectivity index (χ1v) is 15.0. The van der Waals surface area contributed by atoms with Crippen molar-refractivity contribution in [1.29, 1.82) is 0 Å². The summed E-state index contributed by atoms with van der Waals surface area (Å²) in [6.45, 7) is 8.32. The molecular formula is C29H44IO2-. The van der Waals surface area contributed by atoms with Gasteiger partial charge in [0.1, 0.15) is 0 Å². The standard InChI is InChI=1S/C29H44IO2/c1-4-6-8-9-10-11-12-13-14-15-23-31-27-18-16-26(17-19-27)30-29-21-20-28(24-25(29)3)32-22-7-5-2/h16-21,24H,4-15,22-23H2,1-3H3/q-1. The van der Waals surface area contributed by atoms with Gasteiger partial charge in [-0.3, -0.25) is 0 Å². The van der Waals surface area contributed by atoms with Gasteiger partial charge in [-0.15, -0.1) is 0 Å². The Labute approximate surface area is 207 Å². The molecule has 0 atom stereocenters. The molecule has 0 radical (unpaired) electrons. The summed E-state index contributed by atoms with van der Waals surface area (Å²) in [6.07, 6.45) is 15.9. The first kappa shape index (κ1) is 27.0. The summed E-state index contributed by atoms with van der Waals surface area (Å²) in [7, 11) is 0. The van der Waals surface area contributed by atoms with Crippen molar-refractivity contribution in [3.8, 4) is 11.5 Å². The zero-order chi connectivity index (χ0) is 22.9. The van der Waals surface area contributed by atoms with Crippen LogP contribution in [0.4, 0.5) is 0 Å². The van der Waals surface area contributed by atoms with Gasteiger partial charge >= 0.3 is 176 Å². The molecule has 0 aliphatic heterocycles. The summed E-state index contributed by atoms with van der Waals surface area (Å²) < 4.78 is 14.7. The molecule has 180 valence electrons. The summed E-state index contributed by atoms with van der Waals surface area (Å²) in [4.78, 5) is 0. The van der Waals surface area contributed by atoms with E-state index < -0.39 is 0 Å². The SMILES string of the molecule is CCCCCCCCCCCCOc1ccc([I-]c2ccc(OCCCC)cc2C)cc1. The predicted molar refractivity (Wildman–Crippen MR) is 133 cm³/mol. The van der Waals surface area contributed by atoms with E-state index in [1.165, 1.54) is 76.9 Å². The van der Waals surface area contributed by atoms with Gasteiger partial charge in [0.05, 0.1) is 0 Å². The number of rotatable bonds is 18. The van der Waals surface area contributed by atoms with Gasteiger partial charge in [0.15, 0.2) is 0 Å². The summed E-state index contributed by atoms with van der Waals surface area (Å²) in [5, 5.41) is 0. The van der Waals surface area contributed by atoms with Crippen LogP contribution in [0.5, 0.6) is 11.5 Å². The molecule has 0 saturated heterocycles. The molecule has 0 N–H and O–H groups in total. The third-order valence-corrected chi connectivity index (χ3v) is 8.82. The van der Waals surface area contributed by atoms with Crippen LogP contribution in [0.3, 0.4) is 0 Å². The molecule has 0 aliphatic rings. The van der Waals surface area contributed by atoms with Gasteiger partial charge in [-0.2, -0.15) is 0 Å². The monoisotopic (exact) mass is 551 g/mol. The van der Waals surface area contributed by atoms with Crippen molar-refractivity contribution in [3.05, 3.63) is 55.2 Å². The van der Waals surface area contributed by atoms with Crippen molar-refractivity contribution >= 4 is 0 Å². The Balaban J connectivity index is 1.61. The van der Waals surface area contributed by atoms with Crippen LogP contribution < -0.4 is 30.7 Å². The summed E-state index contributed by atoms with van der Waals surface area (Å²) in [6, 6.07) is 15.3. The van der Waals surface area contributed by atoms with Gasteiger partial charge in [0.25, 0.3) is 0 Å². The van der Waals surface area contributed by atoms with Gasteiger partial charge in [-0.05, 0) is 0 Å². The zero-order valence-corrected chi connectivity index (χ0v) is 22.8. The van der Waals surface area contributed by atoms with Gasteiger partial charge in [0.2, 0.25) is 0 Å². The fraction of sp³-hybridized carbons (Fsp3) is 0.586. The minimum atomic E-state index is -0.178. The van der Waals surface area contributed by atoms with Crippen LogP contribution >= 0.6 is 0 Å². The van der Waals surface area contributed by atoms with Crippen LogP contribution in [0.2, 0.25) is 0 Å². The molecule has 0 aromatic heterocycles. The Bertz CT molecular complexity index is 726. The average molecular weight is 552 g/mol. The molecule has 0 unspecified atom stereocenters. The third kappa shape index (κ3) is 11.6.